The van der Waals surface area contributed by atoms with Gasteiger partial charge in [-0.25, -0.2) is 0 Å². The predicted molar refractivity (Wildman–Crippen MR) is 117 cm³/mol. The molecular formula is C25H27N3O3. The molecule has 31 heavy (non-hydrogen) atoms. The van der Waals surface area contributed by atoms with Gasteiger partial charge in [-0.3, -0.25) is 9.59 Å². The van der Waals surface area contributed by atoms with E-state index in [0.717, 1.165) is 36.9 Å². The summed E-state index contributed by atoms with van der Waals surface area (Å²) >= 11 is 0. The number of nitrogens with zero attached hydrogens (tertiary/aromatic N) is 2. The number of fused-ring (bicyclic) bond motifs is 1. The minimum atomic E-state index is -1.01. The number of rotatable bonds is 5. The van der Waals surface area contributed by atoms with Gasteiger partial charge in [0, 0.05) is 12.6 Å². The Labute approximate surface area is 181 Å². The molecule has 1 fully saturated rings. The molecule has 3 heterocycles. The third-order valence-corrected chi connectivity index (χ3v) is 6.64. The highest BCUT2D eigenvalue weighted by Crippen LogP contribution is 2.34. The maximum atomic E-state index is 13.7. The van der Waals surface area contributed by atoms with E-state index in [1.54, 1.807) is 11.2 Å². The van der Waals surface area contributed by atoms with Crippen molar-refractivity contribution in [2.24, 2.45) is 0 Å². The van der Waals surface area contributed by atoms with Crippen LogP contribution in [0.1, 0.15) is 48.7 Å². The van der Waals surface area contributed by atoms with E-state index in [1.165, 1.54) is 0 Å². The average molecular weight is 418 g/mol. The molecule has 5 rings (SSSR count). The molecule has 6 heteroatoms. The molecular weight excluding hydrogens is 390 g/mol. The molecule has 0 radical (unpaired) electrons. The number of carbonyl (C=O) groups excluding carboxylic acids is 2. The molecule has 1 N–H and O–H groups in total. The van der Waals surface area contributed by atoms with Crippen LogP contribution in [0.5, 0.6) is 0 Å². The molecule has 0 saturated heterocycles. The van der Waals surface area contributed by atoms with E-state index < -0.39 is 5.54 Å². The van der Waals surface area contributed by atoms with Gasteiger partial charge in [-0.15, -0.1) is 0 Å². The van der Waals surface area contributed by atoms with Gasteiger partial charge in [0.15, 0.2) is 0 Å². The Morgan fingerprint density at radius 3 is 2.52 bits per heavy atom. The van der Waals surface area contributed by atoms with Gasteiger partial charge in [0.2, 0.25) is 5.91 Å². The molecule has 2 aliphatic rings. The number of furan rings is 1. The van der Waals surface area contributed by atoms with Crippen LogP contribution >= 0.6 is 0 Å². The lowest BCUT2D eigenvalue weighted by atomic mass is 9.93. The van der Waals surface area contributed by atoms with Crippen LogP contribution in [0.2, 0.25) is 0 Å². The zero-order valence-electron chi connectivity index (χ0n) is 17.7. The summed E-state index contributed by atoms with van der Waals surface area (Å²) in [7, 11) is 0. The largest absolute Gasteiger partial charge is 0.463 e. The summed E-state index contributed by atoms with van der Waals surface area (Å²) in [5.74, 6) is 0.458. The lowest BCUT2D eigenvalue weighted by Gasteiger charge is -2.44. The van der Waals surface area contributed by atoms with Crippen molar-refractivity contribution >= 4 is 11.8 Å². The molecule has 160 valence electrons. The normalized spacial score (nSPS) is 21.3. The van der Waals surface area contributed by atoms with Gasteiger partial charge < -0.3 is 19.2 Å². The van der Waals surface area contributed by atoms with Crippen LogP contribution in [0.15, 0.2) is 65.3 Å². The van der Waals surface area contributed by atoms with E-state index in [2.05, 4.69) is 5.32 Å². The average Bonchev–Trinajstić information content (AvgIpc) is 3.53. The van der Waals surface area contributed by atoms with Crippen molar-refractivity contribution in [2.45, 2.75) is 57.3 Å². The maximum Gasteiger partial charge on any atom is 0.271 e. The van der Waals surface area contributed by atoms with Crippen molar-refractivity contribution in [3.8, 4) is 11.5 Å². The Bertz CT molecular complexity index is 1080. The van der Waals surface area contributed by atoms with Crippen molar-refractivity contribution < 1.29 is 14.0 Å². The van der Waals surface area contributed by atoms with Crippen LogP contribution in [-0.2, 0) is 17.9 Å². The maximum absolute atomic E-state index is 13.7. The second-order valence-electron chi connectivity index (χ2n) is 8.77. The first-order chi connectivity index (χ1) is 15.1. The fraction of sp³-hybridized carbons (Fsp3) is 0.360. The number of hydrogen-bond donors (Lipinski definition) is 1. The molecule has 3 aromatic rings. The molecule has 1 atom stereocenters. The van der Waals surface area contributed by atoms with E-state index in [0.29, 0.717) is 24.5 Å². The minimum absolute atomic E-state index is 0.0894. The van der Waals surface area contributed by atoms with Crippen LogP contribution in [-0.4, -0.2) is 32.9 Å². The second kappa shape index (κ2) is 7.76. The minimum Gasteiger partial charge on any atom is -0.463 e. The standard InChI is InChI=1S/C25H27N3O3/c1-25(24(30)26-19-10-5-6-11-19)17-27-20(22-12-7-15-31-22)13-14-21(27)23(29)28(25)16-18-8-3-2-4-9-18/h2-4,7-9,12-15,19H,5-6,10-11,16-17H2,1H3,(H,26,30). The van der Waals surface area contributed by atoms with Gasteiger partial charge in [-0.05, 0) is 49.6 Å². The monoisotopic (exact) mass is 417 g/mol. The number of carbonyl (C=O) groups is 2. The number of hydrogen-bond acceptors (Lipinski definition) is 3. The van der Waals surface area contributed by atoms with Gasteiger partial charge >= 0.3 is 0 Å². The highest BCUT2D eigenvalue weighted by molar-refractivity contribution is 6.00. The molecule has 2 amide bonds. The van der Waals surface area contributed by atoms with Crippen LogP contribution in [0.3, 0.4) is 0 Å². The zero-order chi connectivity index (χ0) is 21.4. The van der Waals surface area contributed by atoms with E-state index >= 15 is 0 Å². The Hall–Kier alpha value is -3.28. The van der Waals surface area contributed by atoms with Crippen LogP contribution in [0, 0.1) is 0 Å². The SMILES string of the molecule is CC1(C(=O)NC2CCCC2)Cn2c(ccc2-c2ccco2)C(=O)N1Cc1ccccc1. The van der Waals surface area contributed by atoms with Crippen molar-refractivity contribution in [2.75, 3.05) is 0 Å². The van der Waals surface area contributed by atoms with Gasteiger partial charge in [0.05, 0.1) is 18.5 Å². The molecule has 1 aliphatic carbocycles. The molecule has 1 aromatic carbocycles. The highest BCUT2D eigenvalue weighted by Gasteiger charge is 2.48. The number of amides is 2. The summed E-state index contributed by atoms with van der Waals surface area (Å²) in [6, 6.07) is 17.5. The van der Waals surface area contributed by atoms with Crippen molar-refractivity contribution in [3.63, 3.8) is 0 Å². The molecule has 6 nitrogen and oxygen atoms in total. The molecule has 0 bridgehead atoms. The summed E-state index contributed by atoms with van der Waals surface area (Å²) in [6.07, 6.45) is 5.90. The zero-order valence-corrected chi connectivity index (χ0v) is 17.7. The van der Waals surface area contributed by atoms with Gasteiger partial charge in [0.1, 0.15) is 17.0 Å². The Morgan fingerprint density at radius 2 is 1.81 bits per heavy atom. The van der Waals surface area contributed by atoms with E-state index in [-0.39, 0.29) is 17.9 Å². The second-order valence-corrected chi connectivity index (χ2v) is 8.77. The summed E-state index contributed by atoms with van der Waals surface area (Å²) in [4.78, 5) is 29.0. The predicted octanol–water partition coefficient (Wildman–Crippen LogP) is 4.22. The fourth-order valence-corrected chi connectivity index (χ4v) is 4.84. The summed E-state index contributed by atoms with van der Waals surface area (Å²) in [5, 5.41) is 3.23. The topological polar surface area (TPSA) is 67.5 Å². The van der Waals surface area contributed by atoms with E-state index in [4.69, 9.17) is 4.42 Å². The van der Waals surface area contributed by atoms with E-state index in [9.17, 15) is 9.59 Å². The Morgan fingerprint density at radius 1 is 1.06 bits per heavy atom. The third kappa shape index (κ3) is 3.46. The first-order valence-corrected chi connectivity index (χ1v) is 11.0. The summed E-state index contributed by atoms with van der Waals surface area (Å²) in [5.41, 5.74) is 1.38. The van der Waals surface area contributed by atoms with Gasteiger partial charge in [-0.1, -0.05) is 43.2 Å². The number of nitrogens with one attached hydrogen (secondary N) is 1. The highest BCUT2D eigenvalue weighted by atomic mass is 16.3. The van der Waals surface area contributed by atoms with Crippen molar-refractivity contribution in [1.82, 2.24) is 14.8 Å². The van der Waals surface area contributed by atoms with E-state index in [1.807, 2.05) is 66.1 Å². The molecule has 1 unspecified atom stereocenters. The molecule has 0 spiro atoms. The molecule has 1 saturated carbocycles. The molecule has 2 aromatic heterocycles. The van der Waals surface area contributed by atoms with Crippen molar-refractivity contribution in [3.05, 3.63) is 72.1 Å². The first-order valence-electron chi connectivity index (χ1n) is 11.0. The van der Waals surface area contributed by atoms with Crippen LogP contribution < -0.4 is 5.32 Å². The number of benzene rings is 1. The smallest absolute Gasteiger partial charge is 0.271 e. The van der Waals surface area contributed by atoms with Crippen LogP contribution in [0.4, 0.5) is 0 Å². The van der Waals surface area contributed by atoms with Gasteiger partial charge in [-0.2, -0.15) is 0 Å². The lowest BCUT2D eigenvalue weighted by molar-refractivity contribution is -0.133. The van der Waals surface area contributed by atoms with Gasteiger partial charge in [0.25, 0.3) is 5.91 Å². The third-order valence-electron chi connectivity index (χ3n) is 6.64. The summed E-state index contributed by atoms with van der Waals surface area (Å²) < 4.78 is 7.52. The summed E-state index contributed by atoms with van der Waals surface area (Å²) in [6.45, 7) is 2.64. The number of aromatic nitrogens is 1. The van der Waals surface area contributed by atoms with Crippen molar-refractivity contribution in [1.29, 1.82) is 0 Å². The Kier molecular flexibility index (Phi) is 4.93. The fourth-order valence-electron chi connectivity index (χ4n) is 4.84. The lowest BCUT2D eigenvalue weighted by Crippen LogP contribution is -2.64. The Balaban J connectivity index is 1.54. The van der Waals surface area contributed by atoms with Crippen LogP contribution in [0.25, 0.3) is 11.5 Å². The quantitative estimate of drug-likeness (QED) is 0.676. The first kappa shape index (κ1) is 19.7. The molecule has 1 aliphatic heterocycles.